The van der Waals surface area contributed by atoms with E-state index >= 15 is 0 Å². The van der Waals surface area contributed by atoms with Crippen LogP contribution < -0.4 is 5.32 Å². The Morgan fingerprint density at radius 2 is 2.09 bits per heavy atom. The number of nitrogens with zero attached hydrogens (tertiary/aromatic N) is 2. The first-order chi connectivity index (χ1) is 10.5. The van der Waals surface area contributed by atoms with E-state index in [1.165, 1.54) is 11.3 Å². The first-order valence-electron chi connectivity index (χ1n) is 8.33. The maximum atomic E-state index is 11.9. The second-order valence-corrected chi connectivity index (χ2v) is 6.13. The van der Waals surface area contributed by atoms with Crippen molar-refractivity contribution in [2.75, 3.05) is 19.8 Å². The smallest absolute Gasteiger partial charge is 0.220 e. The lowest BCUT2D eigenvalue weighted by atomic mass is 10.1. The molecule has 0 aliphatic rings. The number of hydrogen-bond donors (Lipinski definition) is 1. The lowest BCUT2D eigenvalue weighted by Gasteiger charge is -2.08. The van der Waals surface area contributed by atoms with Crippen LogP contribution in [0.5, 0.6) is 0 Å². The average molecular weight is 309 g/mol. The SMILES string of the molecule is CCOCCCNC(=O)CCc1c(C)nn(CC(C)C)c1C. The summed E-state index contributed by atoms with van der Waals surface area (Å²) in [4.78, 5) is 11.9. The van der Waals surface area contributed by atoms with E-state index in [2.05, 4.69) is 35.9 Å². The Kier molecular flexibility index (Phi) is 8.17. The van der Waals surface area contributed by atoms with Crippen molar-refractivity contribution in [3.8, 4) is 0 Å². The molecule has 1 amide bonds. The fourth-order valence-corrected chi connectivity index (χ4v) is 2.49. The Morgan fingerprint density at radius 1 is 1.36 bits per heavy atom. The topological polar surface area (TPSA) is 56.1 Å². The van der Waals surface area contributed by atoms with E-state index < -0.39 is 0 Å². The Morgan fingerprint density at radius 3 is 2.73 bits per heavy atom. The summed E-state index contributed by atoms with van der Waals surface area (Å²) in [6.45, 7) is 13.5. The van der Waals surface area contributed by atoms with Gasteiger partial charge < -0.3 is 10.1 Å². The average Bonchev–Trinajstić information content (AvgIpc) is 2.70. The van der Waals surface area contributed by atoms with Crippen LogP contribution in [0.2, 0.25) is 0 Å². The van der Waals surface area contributed by atoms with Crippen molar-refractivity contribution in [2.45, 2.75) is 60.4 Å². The number of nitrogens with one attached hydrogen (secondary N) is 1. The van der Waals surface area contributed by atoms with Crippen LogP contribution in [-0.2, 0) is 22.5 Å². The van der Waals surface area contributed by atoms with Crippen LogP contribution in [0.15, 0.2) is 0 Å². The van der Waals surface area contributed by atoms with Crippen LogP contribution in [0.25, 0.3) is 0 Å². The van der Waals surface area contributed by atoms with Crippen molar-refractivity contribution in [3.05, 3.63) is 17.0 Å². The molecule has 1 aromatic rings. The predicted octanol–water partition coefficient (Wildman–Crippen LogP) is 2.63. The van der Waals surface area contributed by atoms with E-state index in [1.54, 1.807) is 0 Å². The molecule has 0 saturated carbocycles. The summed E-state index contributed by atoms with van der Waals surface area (Å²) in [6.07, 6.45) is 2.14. The summed E-state index contributed by atoms with van der Waals surface area (Å²) >= 11 is 0. The highest BCUT2D eigenvalue weighted by atomic mass is 16.5. The van der Waals surface area contributed by atoms with Gasteiger partial charge in [0.25, 0.3) is 0 Å². The highest BCUT2D eigenvalue weighted by Crippen LogP contribution is 2.16. The zero-order chi connectivity index (χ0) is 16.5. The number of aryl methyl sites for hydroxylation is 1. The molecule has 1 rings (SSSR count). The monoisotopic (exact) mass is 309 g/mol. The number of ether oxygens (including phenoxy) is 1. The van der Waals surface area contributed by atoms with Crippen molar-refractivity contribution in [1.29, 1.82) is 0 Å². The zero-order valence-electron chi connectivity index (χ0n) is 14.7. The van der Waals surface area contributed by atoms with Crippen molar-refractivity contribution < 1.29 is 9.53 Å². The Bertz CT molecular complexity index is 467. The number of aromatic nitrogens is 2. The lowest BCUT2D eigenvalue weighted by molar-refractivity contribution is -0.121. The second kappa shape index (κ2) is 9.62. The van der Waals surface area contributed by atoms with Gasteiger partial charge in [0.2, 0.25) is 5.91 Å². The highest BCUT2D eigenvalue weighted by molar-refractivity contribution is 5.76. The van der Waals surface area contributed by atoms with Crippen LogP contribution >= 0.6 is 0 Å². The second-order valence-electron chi connectivity index (χ2n) is 6.13. The summed E-state index contributed by atoms with van der Waals surface area (Å²) in [5, 5.41) is 7.54. The standard InChI is InChI=1S/C17H31N3O2/c1-6-22-11-7-10-18-17(21)9-8-16-14(4)19-20(15(16)5)12-13(2)3/h13H,6-12H2,1-5H3,(H,18,21). The van der Waals surface area contributed by atoms with Gasteiger partial charge in [-0.05, 0) is 45.1 Å². The van der Waals surface area contributed by atoms with Crippen molar-refractivity contribution >= 4 is 5.91 Å². The van der Waals surface area contributed by atoms with Gasteiger partial charge in [0, 0.05) is 38.4 Å². The van der Waals surface area contributed by atoms with Gasteiger partial charge in [-0.1, -0.05) is 13.8 Å². The predicted molar refractivity (Wildman–Crippen MR) is 89.0 cm³/mol. The number of rotatable bonds is 10. The molecule has 0 aromatic carbocycles. The molecule has 0 atom stereocenters. The number of hydrogen-bond acceptors (Lipinski definition) is 3. The van der Waals surface area contributed by atoms with Crippen molar-refractivity contribution in [3.63, 3.8) is 0 Å². The van der Waals surface area contributed by atoms with E-state index in [-0.39, 0.29) is 5.91 Å². The summed E-state index contributed by atoms with van der Waals surface area (Å²) < 4.78 is 7.31. The quantitative estimate of drug-likeness (QED) is 0.676. The van der Waals surface area contributed by atoms with E-state index in [0.29, 0.717) is 25.5 Å². The Balaban J connectivity index is 2.41. The first-order valence-corrected chi connectivity index (χ1v) is 8.33. The van der Waals surface area contributed by atoms with Gasteiger partial charge in [-0.2, -0.15) is 5.10 Å². The number of carbonyl (C=O) groups excluding carboxylic acids is 1. The van der Waals surface area contributed by atoms with E-state index in [0.717, 1.165) is 31.7 Å². The summed E-state index contributed by atoms with van der Waals surface area (Å²) in [7, 11) is 0. The maximum Gasteiger partial charge on any atom is 0.220 e. The van der Waals surface area contributed by atoms with Crippen LogP contribution in [0, 0.1) is 19.8 Å². The van der Waals surface area contributed by atoms with Gasteiger partial charge in [-0.15, -0.1) is 0 Å². The molecule has 0 fully saturated rings. The fraction of sp³-hybridized carbons (Fsp3) is 0.765. The normalized spacial score (nSPS) is 11.2. The summed E-state index contributed by atoms with van der Waals surface area (Å²) in [5.74, 6) is 0.673. The summed E-state index contributed by atoms with van der Waals surface area (Å²) in [6, 6.07) is 0. The third-order valence-corrected chi connectivity index (χ3v) is 3.66. The molecule has 1 aromatic heterocycles. The van der Waals surface area contributed by atoms with Gasteiger partial charge in [0.15, 0.2) is 0 Å². The first kappa shape index (κ1) is 18.7. The third kappa shape index (κ3) is 6.18. The molecule has 5 nitrogen and oxygen atoms in total. The number of amides is 1. The molecule has 1 heterocycles. The van der Waals surface area contributed by atoms with Crippen LogP contribution in [0.4, 0.5) is 0 Å². The molecule has 0 bridgehead atoms. The van der Waals surface area contributed by atoms with Gasteiger partial charge in [-0.3, -0.25) is 9.48 Å². The largest absolute Gasteiger partial charge is 0.382 e. The molecule has 0 aliphatic heterocycles. The third-order valence-electron chi connectivity index (χ3n) is 3.66. The van der Waals surface area contributed by atoms with Gasteiger partial charge in [-0.25, -0.2) is 0 Å². The molecule has 0 radical (unpaired) electrons. The minimum Gasteiger partial charge on any atom is -0.382 e. The molecule has 126 valence electrons. The molecular formula is C17H31N3O2. The highest BCUT2D eigenvalue weighted by Gasteiger charge is 2.13. The minimum absolute atomic E-state index is 0.104. The van der Waals surface area contributed by atoms with Gasteiger partial charge >= 0.3 is 0 Å². The van der Waals surface area contributed by atoms with Gasteiger partial charge in [0.1, 0.15) is 0 Å². The van der Waals surface area contributed by atoms with Crippen molar-refractivity contribution in [2.24, 2.45) is 5.92 Å². The van der Waals surface area contributed by atoms with Crippen molar-refractivity contribution in [1.82, 2.24) is 15.1 Å². The van der Waals surface area contributed by atoms with E-state index in [1.807, 2.05) is 13.8 Å². The Hall–Kier alpha value is -1.36. The molecular weight excluding hydrogens is 278 g/mol. The Labute approximate surface area is 134 Å². The van der Waals surface area contributed by atoms with E-state index in [4.69, 9.17) is 4.74 Å². The minimum atomic E-state index is 0.104. The lowest BCUT2D eigenvalue weighted by Crippen LogP contribution is -2.25. The molecule has 0 saturated heterocycles. The molecule has 1 N–H and O–H groups in total. The van der Waals surface area contributed by atoms with Crippen LogP contribution in [0.3, 0.4) is 0 Å². The number of carbonyl (C=O) groups is 1. The van der Waals surface area contributed by atoms with Crippen LogP contribution in [0.1, 0.15) is 50.6 Å². The molecule has 0 unspecified atom stereocenters. The van der Waals surface area contributed by atoms with E-state index in [9.17, 15) is 4.79 Å². The summed E-state index contributed by atoms with van der Waals surface area (Å²) in [5.41, 5.74) is 3.45. The zero-order valence-corrected chi connectivity index (χ0v) is 14.7. The van der Waals surface area contributed by atoms with Crippen LogP contribution in [-0.4, -0.2) is 35.4 Å². The fourth-order valence-electron chi connectivity index (χ4n) is 2.49. The maximum absolute atomic E-state index is 11.9. The molecule has 22 heavy (non-hydrogen) atoms. The molecule has 5 heteroatoms. The molecule has 0 aliphatic carbocycles. The molecule has 0 spiro atoms. The van der Waals surface area contributed by atoms with Gasteiger partial charge in [0.05, 0.1) is 5.69 Å².